The molecule has 1 fully saturated rings. The molecule has 3 aliphatic rings. The maximum Gasteiger partial charge on any atom is 0.352 e. The van der Waals surface area contributed by atoms with Crippen LogP contribution in [0.5, 0.6) is 0 Å². The van der Waals surface area contributed by atoms with Gasteiger partial charge < -0.3 is 15.1 Å². The van der Waals surface area contributed by atoms with Gasteiger partial charge in [-0.3, -0.25) is 9.59 Å². The zero-order valence-electron chi connectivity index (χ0n) is 17.2. The van der Waals surface area contributed by atoms with Crippen LogP contribution in [0, 0.1) is 11.8 Å². The van der Waals surface area contributed by atoms with Gasteiger partial charge in [0.15, 0.2) is 0 Å². The summed E-state index contributed by atoms with van der Waals surface area (Å²) in [5.74, 6) is -3.94. The van der Waals surface area contributed by atoms with Gasteiger partial charge in [0, 0.05) is 5.92 Å². The molecule has 10 heteroatoms. The maximum absolute atomic E-state index is 13.3. The Labute approximate surface area is 183 Å². The fourth-order valence-electron chi connectivity index (χ4n) is 5.20. The van der Waals surface area contributed by atoms with E-state index in [9.17, 15) is 33.0 Å². The number of fused-ring (bicyclic) bond motifs is 4. The fourth-order valence-corrected chi connectivity index (χ4v) is 6.76. The third-order valence-corrected chi connectivity index (χ3v) is 8.50. The molecule has 0 aliphatic carbocycles. The van der Waals surface area contributed by atoms with Crippen LogP contribution < -0.4 is 0 Å². The first-order valence-corrected chi connectivity index (χ1v) is 11.6. The highest BCUT2D eigenvalue weighted by Crippen LogP contribution is 2.48. The minimum Gasteiger partial charge on any atom is -0.477 e. The van der Waals surface area contributed by atoms with Crippen molar-refractivity contribution < 1.29 is 33.0 Å². The van der Waals surface area contributed by atoms with Crippen LogP contribution >= 0.6 is 0 Å². The van der Waals surface area contributed by atoms with Crippen LogP contribution in [0.1, 0.15) is 24.2 Å². The Balaban J connectivity index is 1.60. The van der Waals surface area contributed by atoms with E-state index in [4.69, 9.17) is 0 Å². The molecular formula is C22H20N2O7S. The molecule has 0 saturated carbocycles. The summed E-state index contributed by atoms with van der Waals surface area (Å²) >= 11 is 0. The van der Waals surface area contributed by atoms with Crippen LogP contribution in [0.4, 0.5) is 0 Å². The number of benzene rings is 2. The molecule has 2 aromatic rings. The molecule has 9 nitrogen and oxygen atoms in total. The van der Waals surface area contributed by atoms with Crippen molar-refractivity contribution in [3.63, 3.8) is 0 Å². The van der Waals surface area contributed by atoms with Crippen molar-refractivity contribution in [1.29, 1.82) is 0 Å². The monoisotopic (exact) mass is 456 g/mol. The summed E-state index contributed by atoms with van der Waals surface area (Å²) in [6.07, 6.45) is -0.978. The van der Waals surface area contributed by atoms with E-state index in [1.807, 2.05) is 0 Å². The number of carbonyl (C=O) groups is 3. The van der Waals surface area contributed by atoms with E-state index in [1.165, 1.54) is 13.0 Å². The predicted octanol–water partition coefficient (Wildman–Crippen LogP) is 1.18. The van der Waals surface area contributed by atoms with E-state index in [2.05, 4.69) is 0 Å². The second kappa shape index (κ2) is 6.63. The van der Waals surface area contributed by atoms with Gasteiger partial charge in [-0.15, -0.1) is 0 Å². The second-order valence-electron chi connectivity index (χ2n) is 8.41. The fraction of sp³-hybridized carbons (Fsp3) is 0.318. The lowest BCUT2D eigenvalue weighted by Gasteiger charge is -2.46. The van der Waals surface area contributed by atoms with Crippen LogP contribution in [0.3, 0.4) is 0 Å². The Kier molecular flexibility index (Phi) is 4.28. The molecule has 1 saturated heterocycles. The molecular weight excluding hydrogens is 436 g/mol. The number of aliphatic hydroxyl groups is 1. The highest BCUT2D eigenvalue weighted by atomic mass is 32.2. The zero-order valence-corrected chi connectivity index (χ0v) is 18.0. The number of nitrogens with zero attached hydrogens (tertiary/aromatic N) is 2. The standard InChI is InChI=1S/C22H20N2O7S/c1-10-14(19(22(28)29)24-18(10)16(11(2)25)21(24)27)9-23-20(26)17-13-6-4-3-5-12(13)7-8-15(17)32(23,30)31/h3-8,10-11,16,18,25H,9H2,1-2H3,(H,28,29)/t10-,11+,16+,18+/m0/s1. The minimum absolute atomic E-state index is 0.0624. The minimum atomic E-state index is -4.20. The zero-order chi connectivity index (χ0) is 23.1. The van der Waals surface area contributed by atoms with Crippen LogP contribution in [0.2, 0.25) is 0 Å². The van der Waals surface area contributed by atoms with Crippen molar-refractivity contribution in [2.45, 2.75) is 30.9 Å². The number of hydrogen-bond acceptors (Lipinski definition) is 6. The average Bonchev–Trinajstić information content (AvgIpc) is 3.09. The number of carboxylic acids is 1. The van der Waals surface area contributed by atoms with Crippen molar-refractivity contribution in [2.24, 2.45) is 11.8 Å². The number of aliphatic carboxylic acids is 1. The molecule has 5 rings (SSSR count). The van der Waals surface area contributed by atoms with E-state index < -0.39 is 58.3 Å². The first-order valence-electron chi connectivity index (χ1n) is 10.1. The topological polar surface area (TPSA) is 132 Å². The van der Waals surface area contributed by atoms with E-state index in [1.54, 1.807) is 37.3 Å². The summed E-state index contributed by atoms with van der Waals surface area (Å²) < 4.78 is 27.2. The van der Waals surface area contributed by atoms with Gasteiger partial charge in [0.2, 0.25) is 5.91 Å². The molecule has 2 amide bonds. The summed E-state index contributed by atoms with van der Waals surface area (Å²) in [4.78, 5) is 38.8. The quantitative estimate of drug-likeness (QED) is 0.660. The Morgan fingerprint density at radius 2 is 1.84 bits per heavy atom. The molecule has 2 N–H and O–H groups in total. The average molecular weight is 456 g/mol. The van der Waals surface area contributed by atoms with Gasteiger partial charge in [0.05, 0.1) is 30.2 Å². The summed E-state index contributed by atoms with van der Waals surface area (Å²) in [6, 6.07) is 9.35. The summed E-state index contributed by atoms with van der Waals surface area (Å²) in [5, 5.41) is 21.0. The van der Waals surface area contributed by atoms with Gasteiger partial charge in [-0.2, -0.15) is 0 Å². The third-order valence-electron chi connectivity index (χ3n) is 6.73. The van der Waals surface area contributed by atoms with E-state index in [-0.39, 0.29) is 21.7 Å². The summed E-state index contributed by atoms with van der Waals surface area (Å²) in [7, 11) is -4.20. The van der Waals surface area contributed by atoms with Gasteiger partial charge in [-0.25, -0.2) is 17.5 Å². The number of carbonyl (C=O) groups excluding carboxylic acids is 2. The molecule has 0 spiro atoms. The Hall–Kier alpha value is -3.24. The van der Waals surface area contributed by atoms with Crippen LogP contribution in [0.15, 0.2) is 52.6 Å². The molecule has 0 bridgehead atoms. The second-order valence-corrected chi connectivity index (χ2v) is 10.2. The van der Waals surface area contributed by atoms with Crippen LogP contribution in [-0.2, 0) is 19.6 Å². The lowest BCUT2D eigenvalue weighted by atomic mass is 9.78. The molecule has 4 atom stereocenters. The van der Waals surface area contributed by atoms with Gasteiger partial charge in [-0.1, -0.05) is 37.3 Å². The molecule has 0 aromatic heterocycles. The van der Waals surface area contributed by atoms with Gasteiger partial charge in [0.25, 0.3) is 15.9 Å². The molecule has 3 aliphatic heterocycles. The molecule has 2 aromatic carbocycles. The van der Waals surface area contributed by atoms with Crippen LogP contribution in [0.25, 0.3) is 10.8 Å². The number of carboxylic acid groups (broad SMARTS) is 1. The highest BCUT2D eigenvalue weighted by molar-refractivity contribution is 7.90. The van der Waals surface area contributed by atoms with Crippen molar-refractivity contribution >= 4 is 38.6 Å². The number of hydrogen-bond donors (Lipinski definition) is 2. The van der Waals surface area contributed by atoms with E-state index >= 15 is 0 Å². The van der Waals surface area contributed by atoms with Crippen molar-refractivity contribution in [3.8, 4) is 0 Å². The number of rotatable bonds is 4. The summed E-state index contributed by atoms with van der Waals surface area (Å²) in [6.45, 7) is 2.67. The lowest BCUT2D eigenvalue weighted by molar-refractivity contribution is -0.163. The van der Waals surface area contributed by atoms with E-state index in [0.717, 1.165) is 4.90 Å². The molecule has 166 valence electrons. The number of amides is 2. The van der Waals surface area contributed by atoms with Gasteiger partial charge in [-0.05, 0) is 29.3 Å². The Bertz CT molecular complexity index is 1360. The smallest absolute Gasteiger partial charge is 0.352 e. The number of β-lactam (4-membered cyclic amide) rings is 1. The van der Waals surface area contributed by atoms with Gasteiger partial charge >= 0.3 is 5.97 Å². The van der Waals surface area contributed by atoms with Gasteiger partial charge in [0.1, 0.15) is 10.6 Å². The van der Waals surface area contributed by atoms with Crippen LogP contribution in [-0.4, -0.2) is 64.3 Å². The molecule has 0 unspecified atom stereocenters. The normalized spacial score (nSPS) is 26.9. The molecule has 32 heavy (non-hydrogen) atoms. The lowest BCUT2D eigenvalue weighted by Crippen LogP contribution is -2.63. The van der Waals surface area contributed by atoms with Crippen molar-refractivity contribution in [1.82, 2.24) is 9.21 Å². The first kappa shape index (κ1) is 20.7. The van der Waals surface area contributed by atoms with Crippen molar-refractivity contribution in [3.05, 3.63) is 53.2 Å². The Morgan fingerprint density at radius 3 is 2.50 bits per heavy atom. The molecule has 0 radical (unpaired) electrons. The Morgan fingerprint density at radius 1 is 1.16 bits per heavy atom. The largest absolute Gasteiger partial charge is 0.477 e. The molecule has 3 heterocycles. The van der Waals surface area contributed by atoms with E-state index in [0.29, 0.717) is 15.1 Å². The predicted molar refractivity (Wildman–Crippen MR) is 112 cm³/mol. The van der Waals surface area contributed by atoms with Crippen molar-refractivity contribution in [2.75, 3.05) is 6.54 Å². The highest BCUT2D eigenvalue weighted by Gasteiger charge is 2.60. The first-order chi connectivity index (χ1) is 15.1. The SMILES string of the molecule is C[C@@H](O)[C@H]1C(=O)N2C(C(=O)O)=C(CN3C(=O)c4c(ccc5ccccc45)S3(=O)=O)[C@H](C)[C@H]12. The number of aliphatic hydroxyl groups excluding tert-OH is 1. The number of sulfonamides is 1. The summed E-state index contributed by atoms with van der Waals surface area (Å²) in [5.41, 5.74) is -0.0753. The third kappa shape index (κ3) is 2.47. The maximum atomic E-state index is 13.3.